The molecule has 0 saturated heterocycles. The molecule has 100 valence electrons. The summed E-state index contributed by atoms with van der Waals surface area (Å²) in [6.45, 7) is 0. The summed E-state index contributed by atoms with van der Waals surface area (Å²) in [4.78, 5) is 15.5. The molecule has 0 spiro atoms. The number of carbonyl (C=O) groups excluding carboxylic acids is 1. The minimum atomic E-state index is -0.487. The predicted octanol–water partition coefficient (Wildman–Crippen LogP) is 2.28. The summed E-state index contributed by atoms with van der Waals surface area (Å²) in [7, 11) is 0. The fourth-order valence-corrected chi connectivity index (χ4v) is 2.85. The number of hydrogen-bond donors (Lipinski definition) is 2. The Balaban J connectivity index is 2.16. The van der Waals surface area contributed by atoms with Crippen molar-refractivity contribution in [3.8, 4) is 6.07 Å². The molecule has 0 bridgehead atoms. The second-order valence-electron chi connectivity index (χ2n) is 4.75. The lowest BCUT2D eigenvalue weighted by molar-refractivity contribution is 0.100. The summed E-state index contributed by atoms with van der Waals surface area (Å²) in [5.74, 6) is -0.386. The van der Waals surface area contributed by atoms with E-state index in [-0.39, 0.29) is 12.0 Å². The quantitative estimate of drug-likeness (QED) is 0.631. The van der Waals surface area contributed by atoms with Crippen molar-refractivity contribution in [2.24, 2.45) is 11.7 Å². The van der Waals surface area contributed by atoms with Gasteiger partial charge in [0.2, 0.25) is 0 Å². The second kappa shape index (κ2) is 6.19. The van der Waals surface area contributed by atoms with Crippen LogP contribution in [-0.2, 0) is 0 Å². The molecule has 19 heavy (non-hydrogen) atoms. The molecule has 3 N–H and O–H groups in total. The maximum Gasteiger partial charge on any atom is 0.252 e. The topological polar surface area (TPSA) is 91.8 Å². The third-order valence-electron chi connectivity index (χ3n) is 3.35. The molecule has 1 aromatic rings. The summed E-state index contributed by atoms with van der Waals surface area (Å²) >= 11 is 2.10. The smallest absolute Gasteiger partial charge is 0.252 e. The molecular formula is C13H15IN4O. The largest absolute Gasteiger partial charge is 0.381 e. The van der Waals surface area contributed by atoms with E-state index in [0.29, 0.717) is 5.56 Å². The van der Waals surface area contributed by atoms with Crippen LogP contribution in [0.15, 0.2) is 12.3 Å². The van der Waals surface area contributed by atoms with Crippen molar-refractivity contribution < 1.29 is 4.79 Å². The van der Waals surface area contributed by atoms with Crippen molar-refractivity contribution in [1.29, 1.82) is 5.26 Å². The Bertz CT molecular complexity index is 526. The Hall–Kier alpha value is -1.36. The second-order valence-corrected chi connectivity index (χ2v) is 5.86. The van der Waals surface area contributed by atoms with Gasteiger partial charge in [-0.25, -0.2) is 4.98 Å². The number of primary amides is 1. The molecule has 0 aromatic carbocycles. The van der Waals surface area contributed by atoms with Crippen LogP contribution in [0.5, 0.6) is 0 Å². The van der Waals surface area contributed by atoms with E-state index in [1.807, 2.05) is 6.07 Å². The normalized spacial score (nSPS) is 22.5. The summed E-state index contributed by atoms with van der Waals surface area (Å²) in [5.41, 5.74) is 6.47. The first kappa shape index (κ1) is 14.1. The van der Waals surface area contributed by atoms with Crippen molar-refractivity contribution in [3.05, 3.63) is 21.5 Å². The molecule has 1 aliphatic rings. The molecule has 0 radical (unpaired) electrons. The van der Waals surface area contributed by atoms with Gasteiger partial charge in [-0.1, -0.05) is 6.42 Å². The molecule has 0 unspecified atom stereocenters. The van der Waals surface area contributed by atoms with Crippen molar-refractivity contribution in [1.82, 2.24) is 4.98 Å². The third kappa shape index (κ3) is 3.56. The predicted molar refractivity (Wildman–Crippen MR) is 80.5 cm³/mol. The summed E-state index contributed by atoms with van der Waals surface area (Å²) in [6, 6.07) is 4.36. The average molecular weight is 370 g/mol. The van der Waals surface area contributed by atoms with Gasteiger partial charge >= 0.3 is 0 Å². The van der Waals surface area contributed by atoms with Gasteiger partial charge in [0.1, 0.15) is 3.70 Å². The lowest BCUT2D eigenvalue weighted by atomic mass is 9.86. The lowest BCUT2D eigenvalue weighted by Gasteiger charge is -2.27. The monoisotopic (exact) mass is 370 g/mol. The van der Waals surface area contributed by atoms with E-state index >= 15 is 0 Å². The van der Waals surface area contributed by atoms with Crippen LogP contribution in [0.4, 0.5) is 5.69 Å². The minimum absolute atomic E-state index is 0.101. The van der Waals surface area contributed by atoms with Crippen molar-refractivity contribution >= 4 is 34.2 Å². The Morgan fingerprint density at radius 1 is 1.58 bits per heavy atom. The van der Waals surface area contributed by atoms with E-state index in [1.165, 1.54) is 6.20 Å². The van der Waals surface area contributed by atoms with Gasteiger partial charge in [-0.15, -0.1) is 0 Å². The van der Waals surface area contributed by atoms with Gasteiger partial charge in [-0.3, -0.25) is 4.79 Å². The summed E-state index contributed by atoms with van der Waals surface area (Å²) in [5, 5.41) is 12.3. The fraction of sp³-hybridized carbons (Fsp3) is 0.462. The molecule has 1 heterocycles. The van der Waals surface area contributed by atoms with Gasteiger partial charge in [0.05, 0.1) is 17.3 Å². The molecule has 2 atom stereocenters. The zero-order valence-electron chi connectivity index (χ0n) is 10.4. The van der Waals surface area contributed by atoms with Crippen LogP contribution in [0.2, 0.25) is 0 Å². The summed E-state index contributed by atoms with van der Waals surface area (Å²) < 4.78 is 0.803. The van der Waals surface area contributed by atoms with Gasteiger partial charge in [-0.05, 0) is 47.9 Å². The van der Waals surface area contributed by atoms with E-state index in [0.717, 1.165) is 35.1 Å². The highest BCUT2D eigenvalue weighted by atomic mass is 127. The van der Waals surface area contributed by atoms with E-state index < -0.39 is 5.91 Å². The highest BCUT2D eigenvalue weighted by Crippen LogP contribution is 2.27. The highest BCUT2D eigenvalue weighted by Gasteiger charge is 2.22. The van der Waals surface area contributed by atoms with Gasteiger partial charge in [-0.2, -0.15) is 5.26 Å². The number of nitrogens with zero attached hydrogens (tertiary/aromatic N) is 2. The Labute approximate surface area is 125 Å². The number of nitrogens with two attached hydrogens (primary N) is 1. The minimum Gasteiger partial charge on any atom is -0.381 e. The van der Waals surface area contributed by atoms with Crippen LogP contribution in [0.3, 0.4) is 0 Å². The number of halogens is 1. The third-order valence-corrected chi connectivity index (χ3v) is 3.94. The first-order chi connectivity index (χ1) is 9.10. The average Bonchev–Trinajstić information content (AvgIpc) is 2.38. The van der Waals surface area contributed by atoms with Gasteiger partial charge in [0.25, 0.3) is 5.91 Å². The van der Waals surface area contributed by atoms with Crippen LogP contribution < -0.4 is 11.1 Å². The van der Waals surface area contributed by atoms with E-state index in [4.69, 9.17) is 11.0 Å². The number of amides is 1. The number of rotatable bonds is 3. The van der Waals surface area contributed by atoms with E-state index in [1.54, 1.807) is 0 Å². The molecule has 0 aliphatic heterocycles. The number of hydrogen-bond acceptors (Lipinski definition) is 4. The van der Waals surface area contributed by atoms with Gasteiger partial charge < -0.3 is 11.1 Å². The van der Waals surface area contributed by atoms with Crippen LogP contribution in [0, 0.1) is 20.9 Å². The molecular weight excluding hydrogens is 355 g/mol. The molecule has 5 nitrogen and oxygen atoms in total. The zero-order valence-corrected chi connectivity index (χ0v) is 12.6. The molecule has 1 aliphatic carbocycles. The first-order valence-corrected chi connectivity index (χ1v) is 7.29. The van der Waals surface area contributed by atoms with E-state index in [9.17, 15) is 4.79 Å². The molecule has 1 fully saturated rings. The Morgan fingerprint density at radius 2 is 2.37 bits per heavy atom. The van der Waals surface area contributed by atoms with Gasteiger partial charge in [0.15, 0.2) is 0 Å². The number of aromatic nitrogens is 1. The molecule has 6 heteroatoms. The lowest BCUT2D eigenvalue weighted by Crippen LogP contribution is -2.28. The van der Waals surface area contributed by atoms with Crippen LogP contribution >= 0.6 is 22.6 Å². The number of carbonyl (C=O) groups is 1. The Kier molecular flexibility index (Phi) is 4.58. The highest BCUT2D eigenvalue weighted by molar-refractivity contribution is 14.1. The van der Waals surface area contributed by atoms with Crippen molar-refractivity contribution in [3.63, 3.8) is 0 Å². The van der Waals surface area contributed by atoms with Crippen molar-refractivity contribution in [2.45, 2.75) is 31.7 Å². The molecule has 2 rings (SSSR count). The van der Waals surface area contributed by atoms with E-state index in [2.05, 4.69) is 39.0 Å². The number of anilines is 1. The molecule has 1 saturated carbocycles. The first-order valence-electron chi connectivity index (χ1n) is 6.21. The maximum absolute atomic E-state index is 11.4. The fourth-order valence-electron chi connectivity index (χ4n) is 2.40. The standard InChI is InChI=1S/C13H15IN4O/c14-12-5-11(10(7-17-12)13(16)19)18-9-3-1-2-8(4-9)6-15/h5,7-9H,1-4H2,(H2,16,19)(H,17,18)/t8-,9-/m0/s1. The van der Waals surface area contributed by atoms with Crippen molar-refractivity contribution in [2.75, 3.05) is 5.32 Å². The summed E-state index contributed by atoms with van der Waals surface area (Å²) in [6.07, 6.45) is 5.31. The van der Waals surface area contributed by atoms with Crippen LogP contribution in [0.1, 0.15) is 36.0 Å². The zero-order chi connectivity index (χ0) is 13.8. The van der Waals surface area contributed by atoms with Crippen LogP contribution in [-0.4, -0.2) is 16.9 Å². The number of nitriles is 1. The molecule has 1 amide bonds. The number of pyridine rings is 1. The number of nitrogens with one attached hydrogen (secondary N) is 1. The Morgan fingerprint density at radius 3 is 3.05 bits per heavy atom. The van der Waals surface area contributed by atoms with Gasteiger partial charge in [0, 0.05) is 18.2 Å². The SMILES string of the molecule is N#C[C@H]1CCC[C@H](Nc2cc(I)ncc2C(N)=O)C1. The molecule has 1 aromatic heterocycles. The maximum atomic E-state index is 11.4. The van der Waals surface area contributed by atoms with Crippen LogP contribution in [0.25, 0.3) is 0 Å².